The van der Waals surface area contributed by atoms with E-state index in [-0.39, 0.29) is 0 Å². The van der Waals surface area contributed by atoms with Crippen molar-refractivity contribution < 1.29 is 0 Å². The molecular weight excluding hydrogens is 256 g/mol. The lowest BCUT2D eigenvalue weighted by molar-refractivity contribution is 0.154. The first-order chi connectivity index (χ1) is 9.15. The van der Waals surface area contributed by atoms with E-state index in [0.29, 0.717) is 6.04 Å². The summed E-state index contributed by atoms with van der Waals surface area (Å²) < 4.78 is 0. The minimum absolute atomic E-state index is 0.661. The molecule has 0 aliphatic carbocycles. The number of benzene rings is 1. The molecule has 1 fully saturated rings. The Morgan fingerprint density at radius 2 is 1.95 bits per heavy atom. The van der Waals surface area contributed by atoms with Gasteiger partial charge in [0.15, 0.2) is 0 Å². The number of halogens is 1. The number of nitrogens with zero attached hydrogens (tertiary/aromatic N) is 2. The number of likely N-dealkylation sites (N-methyl/N-ethyl adjacent to an activating group) is 1. The average Bonchev–Trinajstić information content (AvgIpc) is 2.40. The molecule has 0 aromatic heterocycles. The first kappa shape index (κ1) is 14.6. The van der Waals surface area contributed by atoms with E-state index in [0.717, 1.165) is 11.6 Å². The molecule has 0 amide bonds. The molecule has 1 aromatic carbocycles. The van der Waals surface area contributed by atoms with Crippen LogP contribution >= 0.6 is 11.6 Å². The van der Waals surface area contributed by atoms with Crippen LogP contribution in [0.5, 0.6) is 0 Å². The van der Waals surface area contributed by atoms with Crippen LogP contribution in [0.4, 0.5) is 0 Å². The maximum absolute atomic E-state index is 6.37. The number of likely N-dealkylation sites (tertiary alicyclic amines) is 1. The highest BCUT2D eigenvalue weighted by Gasteiger charge is 2.20. The summed E-state index contributed by atoms with van der Waals surface area (Å²) in [5.41, 5.74) is 1.17. The van der Waals surface area contributed by atoms with Crippen LogP contribution in [0, 0.1) is 0 Å². The Labute approximate surface area is 121 Å². The molecule has 0 unspecified atom stereocenters. The molecule has 0 spiro atoms. The van der Waals surface area contributed by atoms with Crippen LogP contribution < -0.4 is 0 Å². The highest BCUT2D eigenvalue weighted by Crippen LogP contribution is 2.17. The topological polar surface area (TPSA) is 6.48 Å². The molecule has 1 aliphatic rings. The second kappa shape index (κ2) is 7.09. The third-order valence-electron chi connectivity index (χ3n) is 3.83. The fourth-order valence-corrected chi connectivity index (χ4v) is 2.89. The molecule has 0 N–H and O–H groups in total. The van der Waals surface area contributed by atoms with Crippen molar-refractivity contribution in [2.24, 2.45) is 0 Å². The van der Waals surface area contributed by atoms with Crippen LogP contribution in [-0.2, 0) is 0 Å². The van der Waals surface area contributed by atoms with Crippen molar-refractivity contribution >= 4 is 17.7 Å². The van der Waals surface area contributed by atoms with Gasteiger partial charge in [0, 0.05) is 17.6 Å². The molecule has 0 saturated carbocycles. The van der Waals surface area contributed by atoms with Crippen LogP contribution in [0.25, 0.3) is 6.08 Å². The van der Waals surface area contributed by atoms with Crippen LogP contribution in [0.3, 0.4) is 0 Å². The highest BCUT2D eigenvalue weighted by atomic mass is 35.5. The number of rotatable bonds is 4. The Kier molecular flexibility index (Phi) is 5.44. The van der Waals surface area contributed by atoms with E-state index in [2.05, 4.69) is 42.1 Å². The Morgan fingerprint density at radius 1 is 1.32 bits per heavy atom. The van der Waals surface area contributed by atoms with E-state index in [1.54, 1.807) is 0 Å². The van der Waals surface area contributed by atoms with Gasteiger partial charge in [0.1, 0.15) is 0 Å². The zero-order valence-electron chi connectivity index (χ0n) is 11.8. The Bertz CT molecular complexity index is 408. The van der Waals surface area contributed by atoms with Gasteiger partial charge in [0.2, 0.25) is 0 Å². The molecule has 1 heterocycles. The predicted molar refractivity (Wildman–Crippen MR) is 83.4 cm³/mol. The van der Waals surface area contributed by atoms with Gasteiger partial charge in [-0.05, 0) is 51.7 Å². The SMILES string of the molecule is CN1CCC(N(C)C/C(Cl)=C/c2ccccc2)CC1. The second-order valence-electron chi connectivity index (χ2n) is 5.45. The van der Waals surface area contributed by atoms with Gasteiger partial charge in [-0.25, -0.2) is 0 Å². The van der Waals surface area contributed by atoms with Crippen LogP contribution in [0.1, 0.15) is 18.4 Å². The Morgan fingerprint density at radius 3 is 2.58 bits per heavy atom. The average molecular weight is 279 g/mol. The molecule has 3 heteroatoms. The molecule has 19 heavy (non-hydrogen) atoms. The molecule has 0 bridgehead atoms. The third kappa shape index (κ3) is 4.64. The van der Waals surface area contributed by atoms with Gasteiger partial charge in [0.05, 0.1) is 0 Å². The van der Waals surface area contributed by atoms with Crippen LogP contribution in [0.15, 0.2) is 35.4 Å². The predicted octanol–water partition coefficient (Wildman–Crippen LogP) is 3.29. The minimum Gasteiger partial charge on any atom is -0.306 e. The second-order valence-corrected chi connectivity index (χ2v) is 5.94. The van der Waals surface area contributed by atoms with Gasteiger partial charge in [-0.2, -0.15) is 0 Å². The van der Waals surface area contributed by atoms with Crippen molar-refractivity contribution in [3.63, 3.8) is 0 Å². The molecule has 2 nitrogen and oxygen atoms in total. The Hall–Kier alpha value is -0.830. The molecule has 2 rings (SSSR count). The van der Waals surface area contributed by atoms with Crippen molar-refractivity contribution in [3.8, 4) is 0 Å². The Balaban J connectivity index is 1.88. The van der Waals surface area contributed by atoms with Gasteiger partial charge < -0.3 is 4.90 Å². The first-order valence-electron chi connectivity index (χ1n) is 6.95. The zero-order chi connectivity index (χ0) is 13.7. The number of piperidine rings is 1. The van der Waals surface area contributed by atoms with E-state index in [4.69, 9.17) is 11.6 Å². The fraction of sp³-hybridized carbons (Fsp3) is 0.500. The third-order valence-corrected chi connectivity index (χ3v) is 4.06. The summed E-state index contributed by atoms with van der Waals surface area (Å²) in [5, 5.41) is 0.910. The molecule has 104 valence electrons. The number of hydrogen-bond acceptors (Lipinski definition) is 2. The van der Waals surface area contributed by atoms with Gasteiger partial charge in [-0.15, -0.1) is 0 Å². The van der Waals surface area contributed by atoms with E-state index in [1.165, 1.54) is 31.5 Å². The fourth-order valence-electron chi connectivity index (χ4n) is 2.58. The summed E-state index contributed by atoms with van der Waals surface area (Å²) in [4.78, 5) is 4.78. The van der Waals surface area contributed by atoms with Gasteiger partial charge in [-0.3, -0.25) is 4.90 Å². The summed E-state index contributed by atoms with van der Waals surface area (Å²) in [6.45, 7) is 3.22. The van der Waals surface area contributed by atoms with Gasteiger partial charge >= 0.3 is 0 Å². The standard InChI is InChI=1S/C16H23ClN2/c1-18-10-8-16(9-11-18)19(2)13-15(17)12-14-6-4-3-5-7-14/h3-7,12,16H,8-11,13H2,1-2H3/b15-12-. The highest BCUT2D eigenvalue weighted by molar-refractivity contribution is 6.31. The molecule has 0 radical (unpaired) electrons. The largest absolute Gasteiger partial charge is 0.306 e. The van der Waals surface area contributed by atoms with Crippen molar-refractivity contribution in [1.82, 2.24) is 9.80 Å². The minimum atomic E-state index is 0.661. The van der Waals surface area contributed by atoms with E-state index >= 15 is 0 Å². The van der Waals surface area contributed by atoms with Gasteiger partial charge in [0.25, 0.3) is 0 Å². The smallest absolute Gasteiger partial charge is 0.0341 e. The summed E-state index contributed by atoms with van der Waals surface area (Å²) >= 11 is 6.37. The van der Waals surface area contributed by atoms with Gasteiger partial charge in [-0.1, -0.05) is 41.9 Å². The van der Waals surface area contributed by atoms with Crippen molar-refractivity contribution in [2.75, 3.05) is 33.7 Å². The van der Waals surface area contributed by atoms with Crippen molar-refractivity contribution in [3.05, 3.63) is 40.9 Å². The summed E-state index contributed by atoms with van der Waals surface area (Å²) in [7, 11) is 4.37. The lowest BCUT2D eigenvalue weighted by Gasteiger charge is -2.35. The number of hydrogen-bond donors (Lipinski definition) is 0. The normalized spacial score (nSPS) is 19.1. The lowest BCUT2D eigenvalue weighted by atomic mass is 10.0. The molecule has 1 aromatic rings. The van der Waals surface area contributed by atoms with Crippen LogP contribution in [0.2, 0.25) is 0 Å². The maximum Gasteiger partial charge on any atom is 0.0341 e. The summed E-state index contributed by atoms with van der Waals surface area (Å²) in [5.74, 6) is 0. The molecule has 1 aliphatic heterocycles. The monoisotopic (exact) mass is 278 g/mol. The van der Waals surface area contributed by atoms with Crippen LogP contribution in [-0.4, -0.2) is 49.6 Å². The molecule has 1 saturated heterocycles. The quantitative estimate of drug-likeness (QED) is 0.834. The van der Waals surface area contributed by atoms with Crippen molar-refractivity contribution in [1.29, 1.82) is 0 Å². The molecular formula is C16H23ClN2. The zero-order valence-corrected chi connectivity index (χ0v) is 12.6. The van der Waals surface area contributed by atoms with E-state index in [1.807, 2.05) is 18.2 Å². The maximum atomic E-state index is 6.37. The molecule has 0 atom stereocenters. The van der Waals surface area contributed by atoms with E-state index in [9.17, 15) is 0 Å². The summed E-state index contributed by atoms with van der Waals surface area (Å²) in [6, 6.07) is 10.9. The van der Waals surface area contributed by atoms with Crippen molar-refractivity contribution in [2.45, 2.75) is 18.9 Å². The lowest BCUT2D eigenvalue weighted by Crippen LogP contribution is -2.42. The summed E-state index contributed by atoms with van der Waals surface area (Å²) in [6.07, 6.45) is 4.54. The first-order valence-corrected chi connectivity index (χ1v) is 7.33. The van der Waals surface area contributed by atoms with E-state index < -0.39 is 0 Å².